The molecule has 104 valence electrons. The van der Waals surface area contributed by atoms with Crippen LogP contribution in [0.5, 0.6) is 0 Å². The van der Waals surface area contributed by atoms with Crippen LogP contribution in [0.1, 0.15) is 58.3 Å². The van der Waals surface area contributed by atoms with E-state index in [2.05, 4.69) is 11.8 Å². The number of hydrogen-bond donors (Lipinski definition) is 1. The second kappa shape index (κ2) is 6.05. The summed E-state index contributed by atoms with van der Waals surface area (Å²) in [4.78, 5) is 14.1. The number of aliphatic carboxylic acids is 1. The SMILES string of the molecule is CCC1CCN(CC2(C(=O)O)CCCCC2)CC1. The average molecular weight is 253 g/mol. The standard InChI is InChI=1S/C15H27NO2/c1-2-13-6-10-16(11-7-13)12-15(14(17)18)8-4-3-5-9-15/h13H,2-12H2,1H3,(H,17,18). The van der Waals surface area contributed by atoms with Crippen molar-refractivity contribution >= 4 is 5.97 Å². The Hall–Kier alpha value is -0.570. The molecule has 0 atom stereocenters. The van der Waals surface area contributed by atoms with Gasteiger partial charge in [-0.15, -0.1) is 0 Å². The minimum atomic E-state index is -0.556. The zero-order chi connectivity index (χ0) is 13.0. The Bertz CT molecular complexity index is 276. The Kier molecular flexibility index (Phi) is 4.66. The number of likely N-dealkylation sites (tertiary alicyclic amines) is 1. The minimum absolute atomic E-state index is 0.433. The van der Waals surface area contributed by atoms with Crippen molar-refractivity contribution in [3.8, 4) is 0 Å². The van der Waals surface area contributed by atoms with Gasteiger partial charge in [0.1, 0.15) is 0 Å². The lowest BCUT2D eigenvalue weighted by Crippen LogP contribution is -2.47. The highest BCUT2D eigenvalue weighted by molar-refractivity contribution is 5.75. The Morgan fingerprint density at radius 2 is 1.83 bits per heavy atom. The van der Waals surface area contributed by atoms with Gasteiger partial charge in [0, 0.05) is 6.54 Å². The molecular weight excluding hydrogens is 226 g/mol. The summed E-state index contributed by atoms with van der Waals surface area (Å²) in [5.41, 5.74) is -0.433. The molecular formula is C15H27NO2. The smallest absolute Gasteiger partial charge is 0.310 e. The molecule has 1 saturated carbocycles. The van der Waals surface area contributed by atoms with Gasteiger partial charge < -0.3 is 10.0 Å². The van der Waals surface area contributed by atoms with Crippen LogP contribution in [0, 0.1) is 11.3 Å². The highest BCUT2D eigenvalue weighted by atomic mass is 16.4. The molecule has 0 bridgehead atoms. The molecule has 1 saturated heterocycles. The Balaban J connectivity index is 1.91. The predicted molar refractivity (Wildman–Crippen MR) is 72.6 cm³/mol. The number of carbonyl (C=O) groups is 1. The number of piperidine rings is 1. The summed E-state index contributed by atoms with van der Waals surface area (Å²) < 4.78 is 0. The molecule has 1 N–H and O–H groups in total. The molecule has 0 amide bonds. The molecule has 2 aliphatic rings. The van der Waals surface area contributed by atoms with Crippen molar-refractivity contribution in [3.63, 3.8) is 0 Å². The fourth-order valence-electron chi connectivity index (χ4n) is 3.65. The summed E-state index contributed by atoms with van der Waals surface area (Å²) in [7, 11) is 0. The van der Waals surface area contributed by atoms with E-state index in [0.29, 0.717) is 0 Å². The van der Waals surface area contributed by atoms with E-state index in [9.17, 15) is 9.90 Å². The molecule has 1 heterocycles. The van der Waals surface area contributed by atoms with Gasteiger partial charge in [-0.3, -0.25) is 4.79 Å². The number of nitrogens with zero attached hydrogens (tertiary/aromatic N) is 1. The molecule has 2 rings (SSSR count). The van der Waals surface area contributed by atoms with E-state index in [0.717, 1.165) is 51.2 Å². The summed E-state index contributed by atoms with van der Waals surface area (Å²) in [5.74, 6) is 0.313. The van der Waals surface area contributed by atoms with Crippen molar-refractivity contribution in [2.75, 3.05) is 19.6 Å². The van der Waals surface area contributed by atoms with Crippen molar-refractivity contribution in [2.24, 2.45) is 11.3 Å². The van der Waals surface area contributed by atoms with Crippen LogP contribution in [0.3, 0.4) is 0 Å². The van der Waals surface area contributed by atoms with E-state index in [1.54, 1.807) is 0 Å². The van der Waals surface area contributed by atoms with Crippen LogP contribution in [0.2, 0.25) is 0 Å². The second-order valence-corrected chi connectivity index (χ2v) is 6.27. The van der Waals surface area contributed by atoms with E-state index >= 15 is 0 Å². The molecule has 0 unspecified atom stereocenters. The monoisotopic (exact) mass is 253 g/mol. The zero-order valence-corrected chi connectivity index (χ0v) is 11.7. The fraction of sp³-hybridized carbons (Fsp3) is 0.933. The molecule has 2 fully saturated rings. The molecule has 3 nitrogen and oxygen atoms in total. The maximum atomic E-state index is 11.6. The van der Waals surface area contributed by atoms with Crippen LogP contribution in [-0.4, -0.2) is 35.6 Å². The van der Waals surface area contributed by atoms with E-state index in [1.165, 1.54) is 25.7 Å². The quantitative estimate of drug-likeness (QED) is 0.836. The van der Waals surface area contributed by atoms with E-state index < -0.39 is 11.4 Å². The van der Waals surface area contributed by atoms with Gasteiger partial charge in [0.25, 0.3) is 0 Å². The summed E-state index contributed by atoms with van der Waals surface area (Å²) in [5, 5.41) is 9.59. The summed E-state index contributed by atoms with van der Waals surface area (Å²) in [6, 6.07) is 0. The van der Waals surface area contributed by atoms with Gasteiger partial charge in [-0.2, -0.15) is 0 Å². The number of rotatable bonds is 4. The van der Waals surface area contributed by atoms with Gasteiger partial charge in [0.2, 0.25) is 0 Å². The van der Waals surface area contributed by atoms with E-state index in [-0.39, 0.29) is 0 Å². The van der Waals surface area contributed by atoms with Gasteiger partial charge in [-0.1, -0.05) is 32.6 Å². The summed E-state index contributed by atoms with van der Waals surface area (Å²) >= 11 is 0. The van der Waals surface area contributed by atoms with Gasteiger partial charge in [-0.25, -0.2) is 0 Å². The van der Waals surface area contributed by atoms with E-state index in [1.807, 2.05) is 0 Å². The third-order valence-electron chi connectivity index (χ3n) is 5.08. The lowest BCUT2D eigenvalue weighted by atomic mass is 9.73. The second-order valence-electron chi connectivity index (χ2n) is 6.27. The highest BCUT2D eigenvalue weighted by Crippen LogP contribution is 2.38. The molecule has 3 heteroatoms. The van der Waals surface area contributed by atoms with Crippen LogP contribution >= 0.6 is 0 Å². The average Bonchev–Trinajstić information content (AvgIpc) is 2.40. The Morgan fingerprint density at radius 3 is 2.33 bits per heavy atom. The largest absolute Gasteiger partial charge is 0.481 e. The number of carboxylic acid groups (broad SMARTS) is 1. The molecule has 0 spiro atoms. The van der Waals surface area contributed by atoms with Gasteiger partial charge in [-0.05, 0) is 44.7 Å². The van der Waals surface area contributed by atoms with Crippen molar-refractivity contribution in [1.29, 1.82) is 0 Å². The van der Waals surface area contributed by atoms with Crippen molar-refractivity contribution in [2.45, 2.75) is 58.3 Å². The molecule has 1 aliphatic carbocycles. The van der Waals surface area contributed by atoms with E-state index in [4.69, 9.17) is 0 Å². The summed E-state index contributed by atoms with van der Waals surface area (Å²) in [6.45, 7) is 5.26. The fourth-order valence-corrected chi connectivity index (χ4v) is 3.65. The normalized spacial score (nSPS) is 26.1. The Labute approximate surface area is 111 Å². The highest BCUT2D eigenvalue weighted by Gasteiger charge is 2.41. The van der Waals surface area contributed by atoms with Gasteiger partial charge >= 0.3 is 5.97 Å². The third-order valence-corrected chi connectivity index (χ3v) is 5.08. The first kappa shape index (κ1) is 13.9. The molecule has 0 aromatic rings. The number of carboxylic acids is 1. The lowest BCUT2D eigenvalue weighted by Gasteiger charge is -2.40. The van der Waals surface area contributed by atoms with Gasteiger partial charge in [0.15, 0.2) is 0 Å². The van der Waals surface area contributed by atoms with Crippen LogP contribution < -0.4 is 0 Å². The first-order valence-electron chi connectivity index (χ1n) is 7.62. The van der Waals surface area contributed by atoms with Crippen molar-refractivity contribution < 1.29 is 9.90 Å². The minimum Gasteiger partial charge on any atom is -0.481 e. The first-order valence-corrected chi connectivity index (χ1v) is 7.62. The maximum Gasteiger partial charge on any atom is 0.310 e. The van der Waals surface area contributed by atoms with Crippen LogP contribution in [0.15, 0.2) is 0 Å². The first-order chi connectivity index (χ1) is 8.66. The third kappa shape index (κ3) is 3.05. The van der Waals surface area contributed by atoms with Crippen molar-refractivity contribution in [3.05, 3.63) is 0 Å². The van der Waals surface area contributed by atoms with Gasteiger partial charge in [0.05, 0.1) is 5.41 Å². The maximum absolute atomic E-state index is 11.6. The van der Waals surface area contributed by atoms with Crippen LogP contribution in [0.4, 0.5) is 0 Å². The molecule has 0 aromatic heterocycles. The topological polar surface area (TPSA) is 40.5 Å². The zero-order valence-electron chi connectivity index (χ0n) is 11.7. The molecule has 0 aromatic carbocycles. The summed E-state index contributed by atoms with van der Waals surface area (Å²) in [6.07, 6.45) is 8.96. The molecule has 1 aliphatic heterocycles. The Morgan fingerprint density at radius 1 is 1.22 bits per heavy atom. The predicted octanol–water partition coefficient (Wildman–Crippen LogP) is 3.14. The number of hydrogen-bond acceptors (Lipinski definition) is 2. The van der Waals surface area contributed by atoms with Crippen LogP contribution in [-0.2, 0) is 4.79 Å². The molecule has 18 heavy (non-hydrogen) atoms. The van der Waals surface area contributed by atoms with Crippen molar-refractivity contribution in [1.82, 2.24) is 4.90 Å². The lowest BCUT2D eigenvalue weighted by molar-refractivity contribution is -0.152. The van der Waals surface area contributed by atoms with Crippen LogP contribution in [0.25, 0.3) is 0 Å². The molecule has 0 radical (unpaired) electrons.